The number of anilines is 1. The highest BCUT2D eigenvalue weighted by atomic mass is 35.5. The summed E-state index contributed by atoms with van der Waals surface area (Å²) in [5.74, 6) is -0.543. The molecule has 0 saturated carbocycles. The van der Waals surface area contributed by atoms with Gasteiger partial charge < -0.3 is 14.9 Å². The number of nitrogen functional groups attached to an aromatic ring is 1. The van der Waals surface area contributed by atoms with E-state index in [4.69, 9.17) is 26.5 Å². The largest absolute Gasteiger partial charge is 0.460 e. The fourth-order valence-electron chi connectivity index (χ4n) is 1.91. The first-order valence-electron chi connectivity index (χ1n) is 5.76. The van der Waals surface area contributed by atoms with Crippen LogP contribution in [0.5, 0.6) is 0 Å². The normalized spacial score (nSPS) is 10.8. The molecule has 0 aliphatic carbocycles. The van der Waals surface area contributed by atoms with Gasteiger partial charge in [-0.2, -0.15) is 0 Å². The quantitative estimate of drug-likeness (QED) is 0.866. The number of nitrogens with two attached hydrogens (primary N) is 1. The number of fused-ring (bicyclic) bond motifs is 1. The van der Waals surface area contributed by atoms with Crippen LogP contribution in [0.2, 0.25) is 5.02 Å². The maximum absolute atomic E-state index is 11.7. The van der Waals surface area contributed by atoms with Crippen LogP contribution in [-0.2, 0) is 11.2 Å². The molecule has 0 aliphatic rings. The van der Waals surface area contributed by atoms with Gasteiger partial charge in [0.25, 0.3) is 0 Å². The van der Waals surface area contributed by atoms with Gasteiger partial charge in [0.05, 0.1) is 17.3 Å². The zero-order chi connectivity index (χ0) is 13.3. The van der Waals surface area contributed by atoms with Gasteiger partial charge in [0.1, 0.15) is 0 Å². The molecule has 2 aromatic rings. The Bertz CT molecular complexity index is 604. The topological polar surface area (TPSA) is 65.5 Å². The molecule has 0 aliphatic heterocycles. The Morgan fingerprint density at radius 3 is 2.78 bits per heavy atom. The van der Waals surface area contributed by atoms with Crippen LogP contribution in [0, 0.1) is 0 Å². The number of rotatable bonds is 3. The minimum atomic E-state index is -0.565. The molecular weight excluding hydrogens is 254 g/mol. The van der Waals surface area contributed by atoms with Crippen molar-refractivity contribution < 1.29 is 13.9 Å². The van der Waals surface area contributed by atoms with Crippen LogP contribution in [0.15, 0.2) is 16.5 Å². The molecule has 0 fully saturated rings. The van der Waals surface area contributed by atoms with Crippen LogP contribution in [0.3, 0.4) is 0 Å². The highest BCUT2D eigenvalue weighted by Crippen LogP contribution is 2.36. The maximum atomic E-state index is 11.7. The van der Waals surface area contributed by atoms with Gasteiger partial charge in [0, 0.05) is 5.39 Å². The molecule has 18 heavy (non-hydrogen) atoms. The highest BCUT2D eigenvalue weighted by Gasteiger charge is 2.22. The van der Waals surface area contributed by atoms with Crippen LogP contribution in [0.1, 0.15) is 30.0 Å². The summed E-state index contributed by atoms with van der Waals surface area (Å²) >= 11 is 6.05. The number of furan rings is 1. The Labute approximate surface area is 110 Å². The lowest BCUT2D eigenvalue weighted by molar-refractivity contribution is 0.0494. The summed E-state index contributed by atoms with van der Waals surface area (Å²) in [6.07, 6.45) is 0.777. The molecule has 2 rings (SSSR count). The molecule has 2 N–H and O–H groups in total. The molecule has 1 aromatic heterocycles. The van der Waals surface area contributed by atoms with E-state index in [9.17, 15) is 4.79 Å². The van der Waals surface area contributed by atoms with E-state index >= 15 is 0 Å². The second-order valence-corrected chi connectivity index (χ2v) is 4.24. The van der Waals surface area contributed by atoms with Crippen LogP contribution in [0.25, 0.3) is 11.0 Å². The van der Waals surface area contributed by atoms with E-state index < -0.39 is 5.97 Å². The molecule has 0 spiro atoms. The van der Waals surface area contributed by atoms with Gasteiger partial charge in [-0.25, -0.2) is 4.79 Å². The number of esters is 1. The lowest BCUT2D eigenvalue weighted by Gasteiger charge is -2.00. The van der Waals surface area contributed by atoms with Gasteiger partial charge in [-0.3, -0.25) is 0 Å². The number of halogens is 1. The van der Waals surface area contributed by atoms with Crippen molar-refractivity contribution in [1.82, 2.24) is 0 Å². The molecule has 0 unspecified atom stereocenters. The molecule has 0 amide bonds. The lowest BCUT2D eigenvalue weighted by Crippen LogP contribution is -2.05. The van der Waals surface area contributed by atoms with E-state index in [1.807, 2.05) is 13.0 Å². The van der Waals surface area contributed by atoms with Gasteiger partial charge >= 0.3 is 5.97 Å². The Morgan fingerprint density at radius 2 is 2.17 bits per heavy atom. The SMILES string of the molecule is CCOC(=O)c1oc2c(Cl)ccc(CC)c2c1N. The van der Waals surface area contributed by atoms with Crippen LogP contribution in [0.4, 0.5) is 5.69 Å². The second kappa shape index (κ2) is 4.90. The fourth-order valence-corrected chi connectivity index (χ4v) is 2.10. The Hall–Kier alpha value is -1.68. The molecule has 5 heteroatoms. The van der Waals surface area contributed by atoms with Gasteiger partial charge in [-0.1, -0.05) is 24.6 Å². The van der Waals surface area contributed by atoms with E-state index in [-0.39, 0.29) is 12.4 Å². The van der Waals surface area contributed by atoms with Gasteiger partial charge in [0.15, 0.2) is 5.58 Å². The summed E-state index contributed by atoms with van der Waals surface area (Å²) in [7, 11) is 0. The fraction of sp³-hybridized carbons (Fsp3) is 0.308. The number of benzene rings is 1. The van der Waals surface area contributed by atoms with Crippen molar-refractivity contribution >= 4 is 34.2 Å². The Kier molecular flexibility index (Phi) is 3.48. The standard InChI is InChI=1S/C13H14ClNO3/c1-3-7-5-6-8(14)11-9(7)10(15)12(18-11)13(16)17-4-2/h5-6H,3-4,15H2,1-2H3. The summed E-state index contributed by atoms with van der Waals surface area (Å²) in [5, 5.41) is 1.14. The molecule has 0 radical (unpaired) electrons. The van der Waals surface area contributed by atoms with Crippen molar-refractivity contribution in [3.05, 3.63) is 28.5 Å². The summed E-state index contributed by atoms with van der Waals surface area (Å²) in [4.78, 5) is 11.7. The van der Waals surface area contributed by atoms with Crippen molar-refractivity contribution in [2.75, 3.05) is 12.3 Å². The van der Waals surface area contributed by atoms with E-state index in [2.05, 4.69) is 0 Å². The third kappa shape index (κ3) is 1.93. The third-order valence-electron chi connectivity index (χ3n) is 2.76. The first-order valence-corrected chi connectivity index (χ1v) is 6.14. The van der Waals surface area contributed by atoms with Crippen molar-refractivity contribution in [3.8, 4) is 0 Å². The molecule has 1 heterocycles. The molecule has 0 saturated heterocycles. The Morgan fingerprint density at radius 1 is 1.44 bits per heavy atom. The van der Waals surface area contributed by atoms with Crippen molar-refractivity contribution in [3.63, 3.8) is 0 Å². The zero-order valence-corrected chi connectivity index (χ0v) is 11.0. The summed E-state index contributed by atoms with van der Waals surface area (Å²) < 4.78 is 10.4. The van der Waals surface area contributed by atoms with Crippen LogP contribution < -0.4 is 5.73 Å². The first kappa shape index (κ1) is 12.8. The monoisotopic (exact) mass is 267 g/mol. The number of ether oxygens (including phenoxy) is 1. The van der Waals surface area contributed by atoms with Gasteiger partial charge in [-0.05, 0) is 25.0 Å². The average molecular weight is 268 g/mol. The van der Waals surface area contributed by atoms with E-state index in [1.54, 1.807) is 13.0 Å². The predicted molar refractivity (Wildman–Crippen MR) is 71.0 cm³/mol. The smallest absolute Gasteiger partial charge is 0.376 e. The first-order chi connectivity index (χ1) is 8.60. The number of carbonyl (C=O) groups is 1. The minimum Gasteiger partial charge on any atom is -0.460 e. The van der Waals surface area contributed by atoms with Crippen molar-refractivity contribution in [1.29, 1.82) is 0 Å². The number of hydrogen-bond donors (Lipinski definition) is 1. The lowest BCUT2D eigenvalue weighted by atomic mass is 10.1. The molecular formula is C13H14ClNO3. The molecule has 96 valence electrons. The van der Waals surface area contributed by atoms with Crippen LogP contribution >= 0.6 is 11.6 Å². The number of aryl methyl sites for hydroxylation is 1. The van der Waals surface area contributed by atoms with Gasteiger partial charge in [-0.15, -0.1) is 0 Å². The average Bonchev–Trinajstić information content (AvgIpc) is 2.70. The third-order valence-corrected chi connectivity index (χ3v) is 3.05. The highest BCUT2D eigenvalue weighted by molar-refractivity contribution is 6.35. The predicted octanol–water partition coefficient (Wildman–Crippen LogP) is 3.41. The molecule has 0 atom stereocenters. The minimum absolute atomic E-state index is 0.0228. The summed E-state index contributed by atoms with van der Waals surface area (Å²) in [6, 6.07) is 3.62. The van der Waals surface area contributed by atoms with Crippen molar-refractivity contribution in [2.24, 2.45) is 0 Å². The summed E-state index contributed by atoms with van der Waals surface area (Å²) in [5.41, 5.74) is 7.69. The molecule has 1 aromatic carbocycles. The molecule has 0 bridgehead atoms. The van der Waals surface area contributed by atoms with E-state index in [0.29, 0.717) is 21.7 Å². The summed E-state index contributed by atoms with van der Waals surface area (Å²) in [6.45, 7) is 3.99. The van der Waals surface area contributed by atoms with E-state index in [0.717, 1.165) is 12.0 Å². The van der Waals surface area contributed by atoms with Crippen molar-refractivity contribution in [2.45, 2.75) is 20.3 Å². The second-order valence-electron chi connectivity index (χ2n) is 3.83. The number of hydrogen-bond acceptors (Lipinski definition) is 4. The van der Waals surface area contributed by atoms with E-state index in [1.165, 1.54) is 0 Å². The maximum Gasteiger partial charge on any atom is 0.376 e. The number of carbonyl (C=O) groups excluding carboxylic acids is 1. The van der Waals surface area contributed by atoms with Gasteiger partial charge in [0.2, 0.25) is 5.76 Å². The van der Waals surface area contributed by atoms with Crippen LogP contribution in [-0.4, -0.2) is 12.6 Å². The molecule has 4 nitrogen and oxygen atoms in total. The zero-order valence-electron chi connectivity index (χ0n) is 10.2. The Balaban J connectivity index is 2.69.